The third kappa shape index (κ3) is 4.80. The molecule has 0 saturated carbocycles. The minimum atomic E-state index is 0.327. The van der Waals surface area contributed by atoms with Crippen molar-refractivity contribution in [1.29, 1.82) is 0 Å². The van der Waals surface area contributed by atoms with Gasteiger partial charge in [-0.2, -0.15) is 0 Å². The highest BCUT2D eigenvalue weighted by Gasteiger charge is 2.05. The van der Waals surface area contributed by atoms with Gasteiger partial charge in [0.05, 0.1) is 12.7 Å². The van der Waals surface area contributed by atoms with Crippen molar-refractivity contribution in [2.45, 2.75) is 38.9 Å². The van der Waals surface area contributed by atoms with E-state index in [1.807, 2.05) is 24.3 Å². The monoisotopic (exact) mass is 204 g/mol. The molecular weight excluding hydrogens is 184 g/mol. The van der Waals surface area contributed by atoms with Crippen molar-refractivity contribution < 1.29 is 4.74 Å². The zero-order valence-corrected chi connectivity index (χ0v) is 9.49. The van der Waals surface area contributed by atoms with E-state index < -0.39 is 0 Å². The molecular formula is C14H20O. The fourth-order valence-corrected chi connectivity index (χ4v) is 1.57. The molecule has 0 aliphatic heterocycles. The van der Waals surface area contributed by atoms with Crippen molar-refractivity contribution in [3.8, 4) is 0 Å². The van der Waals surface area contributed by atoms with Crippen LogP contribution in [0.5, 0.6) is 0 Å². The summed E-state index contributed by atoms with van der Waals surface area (Å²) in [6.45, 7) is 6.65. The zero-order valence-electron chi connectivity index (χ0n) is 9.49. The van der Waals surface area contributed by atoms with Gasteiger partial charge < -0.3 is 4.74 Å². The first-order valence-corrected chi connectivity index (χ1v) is 5.63. The highest BCUT2D eigenvalue weighted by atomic mass is 16.5. The maximum Gasteiger partial charge on any atom is 0.0720 e. The van der Waals surface area contributed by atoms with Crippen molar-refractivity contribution in [3.05, 3.63) is 48.6 Å². The van der Waals surface area contributed by atoms with Gasteiger partial charge in [-0.1, -0.05) is 49.8 Å². The summed E-state index contributed by atoms with van der Waals surface area (Å²) in [6, 6.07) is 10.3. The van der Waals surface area contributed by atoms with Crippen molar-refractivity contribution in [2.24, 2.45) is 0 Å². The Morgan fingerprint density at radius 3 is 2.67 bits per heavy atom. The fraction of sp³-hybridized carbons (Fsp3) is 0.429. The Balaban J connectivity index is 2.36. The van der Waals surface area contributed by atoms with Gasteiger partial charge in [0.2, 0.25) is 0 Å². The van der Waals surface area contributed by atoms with Gasteiger partial charge in [0.15, 0.2) is 0 Å². The number of rotatable bonds is 7. The van der Waals surface area contributed by atoms with Gasteiger partial charge in [0.1, 0.15) is 0 Å². The van der Waals surface area contributed by atoms with E-state index >= 15 is 0 Å². The topological polar surface area (TPSA) is 9.23 Å². The molecule has 1 aromatic carbocycles. The van der Waals surface area contributed by atoms with E-state index in [0.29, 0.717) is 12.7 Å². The Kier molecular flexibility index (Phi) is 5.79. The van der Waals surface area contributed by atoms with E-state index in [2.05, 4.69) is 25.6 Å². The van der Waals surface area contributed by atoms with Gasteiger partial charge in [-0.3, -0.25) is 0 Å². The second kappa shape index (κ2) is 7.24. The summed E-state index contributed by atoms with van der Waals surface area (Å²) in [7, 11) is 0. The summed E-state index contributed by atoms with van der Waals surface area (Å²) in [5.74, 6) is 0. The Morgan fingerprint density at radius 2 is 2.07 bits per heavy atom. The average Bonchev–Trinajstić information content (AvgIpc) is 2.28. The lowest BCUT2D eigenvalue weighted by Gasteiger charge is -2.15. The van der Waals surface area contributed by atoms with Crippen LogP contribution in [0.1, 0.15) is 31.7 Å². The summed E-state index contributed by atoms with van der Waals surface area (Å²) in [4.78, 5) is 0. The molecule has 82 valence electrons. The molecule has 15 heavy (non-hydrogen) atoms. The first-order chi connectivity index (χ1) is 7.36. The molecule has 1 nitrogen and oxygen atoms in total. The Bertz CT molecular complexity index is 266. The molecule has 0 fully saturated rings. The minimum absolute atomic E-state index is 0.327. The largest absolute Gasteiger partial charge is 0.373 e. The molecule has 0 bridgehead atoms. The molecule has 0 aliphatic carbocycles. The average molecular weight is 204 g/mol. The van der Waals surface area contributed by atoms with Crippen molar-refractivity contribution in [3.63, 3.8) is 0 Å². The Morgan fingerprint density at radius 1 is 1.33 bits per heavy atom. The summed E-state index contributed by atoms with van der Waals surface area (Å²) >= 11 is 0. The van der Waals surface area contributed by atoms with E-state index in [4.69, 9.17) is 4.74 Å². The fourth-order valence-electron chi connectivity index (χ4n) is 1.57. The van der Waals surface area contributed by atoms with Gasteiger partial charge in [-0.05, 0) is 18.4 Å². The van der Waals surface area contributed by atoms with E-state index in [1.165, 1.54) is 5.56 Å². The quantitative estimate of drug-likeness (QED) is 0.611. The highest BCUT2D eigenvalue weighted by Crippen LogP contribution is 2.10. The van der Waals surface area contributed by atoms with E-state index in [-0.39, 0.29) is 0 Å². The standard InChI is InChI=1S/C14H20O/c1-3-8-14(9-4-2)15-12-13-10-6-5-7-11-13/h3,5-7,10-11,14H,1,4,8-9,12H2,2H3/t14-/m1/s1. The molecule has 0 amide bonds. The molecule has 1 atom stereocenters. The van der Waals surface area contributed by atoms with Crippen LogP contribution >= 0.6 is 0 Å². The second-order valence-corrected chi connectivity index (χ2v) is 3.73. The van der Waals surface area contributed by atoms with Crippen LogP contribution in [0.25, 0.3) is 0 Å². The van der Waals surface area contributed by atoms with Crippen molar-refractivity contribution in [1.82, 2.24) is 0 Å². The highest BCUT2D eigenvalue weighted by molar-refractivity contribution is 5.13. The molecule has 0 unspecified atom stereocenters. The minimum Gasteiger partial charge on any atom is -0.373 e. The maximum atomic E-state index is 5.84. The van der Waals surface area contributed by atoms with Crippen molar-refractivity contribution in [2.75, 3.05) is 0 Å². The van der Waals surface area contributed by atoms with Crippen LogP contribution < -0.4 is 0 Å². The second-order valence-electron chi connectivity index (χ2n) is 3.73. The molecule has 0 aliphatic rings. The van der Waals surface area contributed by atoms with Gasteiger partial charge >= 0.3 is 0 Å². The van der Waals surface area contributed by atoms with Crippen LogP contribution in [0.2, 0.25) is 0 Å². The lowest BCUT2D eigenvalue weighted by molar-refractivity contribution is 0.0366. The molecule has 0 radical (unpaired) electrons. The maximum absolute atomic E-state index is 5.84. The molecule has 0 N–H and O–H groups in total. The summed E-state index contributed by atoms with van der Waals surface area (Å²) in [6.07, 6.45) is 5.48. The van der Waals surface area contributed by atoms with E-state index in [0.717, 1.165) is 19.3 Å². The summed E-state index contributed by atoms with van der Waals surface area (Å²) in [5, 5.41) is 0. The van der Waals surface area contributed by atoms with Gasteiger partial charge in [0.25, 0.3) is 0 Å². The summed E-state index contributed by atoms with van der Waals surface area (Å²) in [5.41, 5.74) is 1.24. The van der Waals surface area contributed by atoms with Gasteiger partial charge in [-0.25, -0.2) is 0 Å². The molecule has 0 spiro atoms. The van der Waals surface area contributed by atoms with Gasteiger partial charge in [0, 0.05) is 0 Å². The van der Waals surface area contributed by atoms with Crippen LogP contribution in [-0.4, -0.2) is 6.10 Å². The molecule has 0 heterocycles. The van der Waals surface area contributed by atoms with Crippen molar-refractivity contribution >= 4 is 0 Å². The molecule has 1 aromatic rings. The number of benzene rings is 1. The SMILES string of the molecule is C=CC[C@H](CCC)OCc1ccccc1. The van der Waals surface area contributed by atoms with E-state index in [9.17, 15) is 0 Å². The van der Waals surface area contributed by atoms with Crippen LogP contribution in [0.3, 0.4) is 0 Å². The number of hydrogen-bond acceptors (Lipinski definition) is 1. The summed E-state index contributed by atoms with van der Waals surface area (Å²) < 4.78 is 5.84. The predicted molar refractivity (Wildman–Crippen MR) is 64.7 cm³/mol. The third-order valence-corrected chi connectivity index (χ3v) is 2.37. The predicted octanol–water partition coefficient (Wildman–Crippen LogP) is 3.95. The molecule has 1 heteroatoms. The van der Waals surface area contributed by atoms with Crippen LogP contribution in [0.4, 0.5) is 0 Å². The van der Waals surface area contributed by atoms with Crippen LogP contribution in [-0.2, 0) is 11.3 Å². The normalized spacial score (nSPS) is 12.3. The molecule has 0 saturated heterocycles. The van der Waals surface area contributed by atoms with Gasteiger partial charge in [-0.15, -0.1) is 6.58 Å². The molecule has 1 rings (SSSR count). The lowest BCUT2D eigenvalue weighted by Crippen LogP contribution is -2.11. The lowest BCUT2D eigenvalue weighted by atomic mass is 10.1. The van der Waals surface area contributed by atoms with E-state index in [1.54, 1.807) is 0 Å². The zero-order chi connectivity index (χ0) is 10.9. The third-order valence-electron chi connectivity index (χ3n) is 2.37. The smallest absolute Gasteiger partial charge is 0.0720 e. The molecule has 0 aromatic heterocycles. The Labute approximate surface area is 92.8 Å². The number of hydrogen-bond donors (Lipinski definition) is 0. The Hall–Kier alpha value is -1.08. The first-order valence-electron chi connectivity index (χ1n) is 5.63. The number of ether oxygens (including phenoxy) is 1. The first kappa shape index (κ1) is 12.0. The van der Waals surface area contributed by atoms with Crippen LogP contribution in [0.15, 0.2) is 43.0 Å². The van der Waals surface area contributed by atoms with Crippen LogP contribution in [0, 0.1) is 0 Å².